The first-order chi connectivity index (χ1) is 17.4. The number of nitrogens with one attached hydrogen (secondary N) is 2. The Morgan fingerprint density at radius 2 is 2.00 bits per heavy atom. The lowest BCUT2D eigenvalue weighted by atomic mass is 10.1. The van der Waals surface area contributed by atoms with Crippen molar-refractivity contribution in [1.29, 1.82) is 0 Å². The quantitative estimate of drug-likeness (QED) is 0.313. The van der Waals surface area contributed by atoms with Crippen LogP contribution in [0.25, 0.3) is 10.9 Å². The van der Waals surface area contributed by atoms with Gasteiger partial charge in [-0.25, -0.2) is 9.18 Å². The van der Waals surface area contributed by atoms with Crippen LogP contribution in [-0.4, -0.2) is 43.0 Å². The third-order valence-electron chi connectivity index (χ3n) is 6.15. The second-order valence-corrected chi connectivity index (χ2v) is 9.23. The van der Waals surface area contributed by atoms with E-state index >= 15 is 0 Å². The van der Waals surface area contributed by atoms with E-state index in [4.69, 9.17) is 11.6 Å². The van der Waals surface area contributed by atoms with Gasteiger partial charge in [-0.1, -0.05) is 17.7 Å². The maximum absolute atomic E-state index is 14.4. The van der Waals surface area contributed by atoms with E-state index in [0.717, 1.165) is 18.4 Å². The van der Waals surface area contributed by atoms with Crippen LogP contribution in [0.1, 0.15) is 45.7 Å². The van der Waals surface area contributed by atoms with Gasteiger partial charge in [0.25, 0.3) is 5.91 Å². The molecule has 1 fully saturated rings. The molecule has 8 nitrogen and oxygen atoms in total. The highest BCUT2D eigenvalue weighted by molar-refractivity contribution is 6.35. The molecule has 0 unspecified atom stereocenters. The van der Waals surface area contributed by atoms with Crippen LogP contribution in [0.2, 0.25) is 5.02 Å². The Balaban J connectivity index is 1.21. The van der Waals surface area contributed by atoms with E-state index in [0.29, 0.717) is 44.9 Å². The molecule has 5 rings (SSSR count). The van der Waals surface area contributed by atoms with Gasteiger partial charge in [0.2, 0.25) is 0 Å². The van der Waals surface area contributed by atoms with Crippen molar-refractivity contribution in [2.24, 2.45) is 0 Å². The van der Waals surface area contributed by atoms with Gasteiger partial charge < -0.3 is 15.4 Å². The van der Waals surface area contributed by atoms with Crippen LogP contribution in [0.5, 0.6) is 0 Å². The van der Waals surface area contributed by atoms with Gasteiger partial charge in [0.1, 0.15) is 5.82 Å². The number of H-pyrrole nitrogens is 1. The zero-order valence-electron chi connectivity index (χ0n) is 19.2. The molecule has 10 heteroatoms. The van der Waals surface area contributed by atoms with E-state index in [-0.39, 0.29) is 25.0 Å². The molecule has 3 heterocycles. The molecule has 0 saturated heterocycles. The smallest absolute Gasteiger partial charge is 0.407 e. The number of pyridine rings is 2. The minimum atomic E-state index is -0.931. The summed E-state index contributed by atoms with van der Waals surface area (Å²) in [6, 6.07) is 10.1. The fourth-order valence-electron chi connectivity index (χ4n) is 4.06. The number of amides is 2. The van der Waals surface area contributed by atoms with Gasteiger partial charge in [0.05, 0.1) is 17.3 Å². The third-order valence-corrected chi connectivity index (χ3v) is 6.47. The first kappa shape index (κ1) is 23.7. The summed E-state index contributed by atoms with van der Waals surface area (Å²) in [4.78, 5) is 37.2. The monoisotopic (exact) mass is 507 g/mol. The van der Waals surface area contributed by atoms with Gasteiger partial charge in [-0.3, -0.25) is 19.7 Å². The van der Waals surface area contributed by atoms with Crippen LogP contribution in [0.4, 0.5) is 9.18 Å². The lowest BCUT2D eigenvalue weighted by molar-refractivity contribution is 0.0950. The highest BCUT2D eigenvalue weighted by Crippen LogP contribution is 2.28. The van der Waals surface area contributed by atoms with Crippen molar-refractivity contribution >= 4 is 34.5 Å². The highest BCUT2D eigenvalue weighted by atomic mass is 35.5. The summed E-state index contributed by atoms with van der Waals surface area (Å²) in [6.07, 6.45) is 6.15. The van der Waals surface area contributed by atoms with Crippen molar-refractivity contribution in [3.8, 4) is 0 Å². The second kappa shape index (κ2) is 9.94. The molecule has 0 atom stereocenters. The van der Waals surface area contributed by atoms with E-state index in [1.165, 1.54) is 11.0 Å². The number of rotatable bonds is 8. The van der Waals surface area contributed by atoms with Gasteiger partial charge >= 0.3 is 6.09 Å². The van der Waals surface area contributed by atoms with Crippen LogP contribution in [0.3, 0.4) is 0 Å². The number of benzene rings is 1. The Kier molecular flexibility index (Phi) is 6.56. The van der Waals surface area contributed by atoms with Crippen molar-refractivity contribution in [1.82, 2.24) is 25.2 Å². The number of carbonyl (C=O) groups is 2. The summed E-state index contributed by atoms with van der Waals surface area (Å²) in [5.74, 6) is -0.781. The van der Waals surface area contributed by atoms with E-state index in [2.05, 4.69) is 20.3 Å². The van der Waals surface area contributed by atoms with Gasteiger partial charge in [0.15, 0.2) is 0 Å². The summed E-state index contributed by atoms with van der Waals surface area (Å²) >= 11 is 6.12. The Morgan fingerprint density at radius 1 is 1.17 bits per heavy atom. The summed E-state index contributed by atoms with van der Waals surface area (Å²) < 4.78 is 14.4. The van der Waals surface area contributed by atoms with E-state index < -0.39 is 11.9 Å². The van der Waals surface area contributed by atoms with E-state index in [1.807, 2.05) is 12.1 Å². The number of aromatic amines is 1. The fraction of sp³-hybridized carbons (Fsp3) is 0.231. The minimum absolute atomic E-state index is 0.0133. The number of halogens is 2. The minimum Gasteiger partial charge on any atom is -0.465 e. The van der Waals surface area contributed by atoms with Gasteiger partial charge in [-0.2, -0.15) is 0 Å². The van der Waals surface area contributed by atoms with Gasteiger partial charge in [-0.15, -0.1) is 0 Å². The van der Waals surface area contributed by atoms with Crippen LogP contribution in [-0.2, 0) is 19.5 Å². The molecule has 1 saturated carbocycles. The number of carboxylic acid groups (broad SMARTS) is 1. The highest BCUT2D eigenvalue weighted by Gasteiger charge is 2.32. The molecule has 1 aliphatic carbocycles. The number of hydrogen-bond acceptors (Lipinski definition) is 4. The number of carbonyl (C=O) groups excluding carboxylic acids is 1. The molecule has 3 N–H and O–H groups in total. The Bertz CT molecular complexity index is 1440. The summed E-state index contributed by atoms with van der Waals surface area (Å²) in [5, 5.41) is 13.3. The molecule has 0 spiro atoms. The van der Waals surface area contributed by atoms with Gasteiger partial charge in [-0.05, 0) is 48.7 Å². The SMILES string of the molecule is O=C(NCc1cc2c(Cl)c[nH]c2cc1F)c1ccnc(Cc2ccc(CN(C(=O)O)C3CC3)nc2)c1. The van der Waals surface area contributed by atoms with Crippen molar-refractivity contribution in [3.63, 3.8) is 0 Å². The molecule has 184 valence electrons. The number of hydrogen-bond donors (Lipinski definition) is 3. The Morgan fingerprint density at radius 3 is 2.72 bits per heavy atom. The van der Waals surface area contributed by atoms with Gasteiger partial charge in [0, 0.05) is 65.3 Å². The molecular weight excluding hydrogens is 485 g/mol. The number of fused-ring (bicyclic) bond motifs is 1. The number of aromatic nitrogens is 3. The molecule has 1 aliphatic rings. The molecule has 36 heavy (non-hydrogen) atoms. The molecule has 0 radical (unpaired) electrons. The molecule has 0 bridgehead atoms. The average molecular weight is 508 g/mol. The molecule has 3 aromatic heterocycles. The summed E-state index contributed by atoms with van der Waals surface area (Å²) in [5.41, 5.74) is 3.58. The molecule has 1 aromatic carbocycles. The molecule has 2 amide bonds. The predicted octanol–water partition coefficient (Wildman–Crippen LogP) is 4.91. The van der Waals surface area contributed by atoms with Crippen molar-refractivity contribution in [3.05, 3.63) is 93.9 Å². The van der Waals surface area contributed by atoms with Crippen LogP contribution in [0, 0.1) is 5.82 Å². The molecule has 0 aliphatic heterocycles. The molecular formula is C26H23ClFN5O3. The van der Waals surface area contributed by atoms with E-state index in [9.17, 15) is 19.1 Å². The fourth-order valence-corrected chi connectivity index (χ4v) is 4.27. The third kappa shape index (κ3) is 5.31. The van der Waals surface area contributed by atoms with Crippen molar-refractivity contribution < 1.29 is 19.1 Å². The van der Waals surface area contributed by atoms with Crippen molar-refractivity contribution in [2.75, 3.05) is 0 Å². The second-order valence-electron chi connectivity index (χ2n) is 8.82. The lowest BCUT2D eigenvalue weighted by Crippen LogP contribution is -2.31. The van der Waals surface area contributed by atoms with Crippen LogP contribution in [0.15, 0.2) is 55.0 Å². The first-order valence-electron chi connectivity index (χ1n) is 11.5. The van der Waals surface area contributed by atoms with Crippen LogP contribution >= 0.6 is 11.6 Å². The zero-order chi connectivity index (χ0) is 25.2. The summed E-state index contributed by atoms with van der Waals surface area (Å²) in [6.45, 7) is 0.275. The average Bonchev–Trinajstić information content (AvgIpc) is 3.65. The maximum Gasteiger partial charge on any atom is 0.407 e. The standard InChI is InChI=1S/C26H23ClFN5O3/c27-22-13-31-24-10-23(28)17(9-21(22)24)12-32-25(34)16-5-6-29-19(8-16)7-15-1-2-18(30-11-15)14-33(26(35)36)20-3-4-20/h1-2,5-6,8-11,13,20,31H,3-4,7,12,14H2,(H,32,34)(H,35,36). The zero-order valence-corrected chi connectivity index (χ0v) is 19.9. The van der Waals surface area contributed by atoms with E-state index in [1.54, 1.807) is 36.8 Å². The molecule has 4 aromatic rings. The van der Waals surface area contributed by atoms with Crippen molar-refractivity contribution in [2.45, 2.75) is 38.4 Å². The summed E-state index contributed by atoms with van der Waals surface area (Å²) in [7, 11) is 0. The number of nitrogens with zero attached hydrogens (tertiary/aromatic N) is 3. The Hall–Kier alpha value is -3.98. The van der Waals surface area contributed by atoms with Crippen LogP contribution < -0.4 is 5.32 Å². The topological polar surface area (TPSA) is 111 Å². The predicted molar refractivity (Wildman–Crippen MR) is 132 cm³/mol. The first-order valence-corrected chi connectivity index (χ1v) is 11.9. The normalized spacial score (nSPS) is 13.1. The lowest BCUT2D eigenvalue weighted by Gasteiger charge is -2.18. The maximum atomic E-state index is 14.4. The Labute approximate surface area is 211 Å². The largest absolute Gasteiger partial charge is 0.465 e.